The number of benzene rings is 1. The maximum atomic E-state index is 12.5. The van der Waals surface area contributed by atoms with Crippen LogP contribution < -0.4 is 5.32 Å². The van der Waals surface area contributed by atoms with E-state index >= 15 is 0 Å². The summed E-state index contributed by atoms with van der Waals surface area (Å²) in [6.45, 7) is 6.56. The highest BCUT2D eigenvalue weighted by molar-refractivity contribution is 5.97. The summed E-state index contributed by atoms with van der Waals surface area (Å²) in [6, 6.07) is 4.55. The standard InChI is InChI=1S/C16H24N2O3/c1-11(2)17-9-12-4-3-7-18(10-12)16(21)14-6-5-13(19)8-15(14)20/h5-6,8,11-12,17,19-20H,3-4,7,9-10H2,1-2H3. The molecule has 1 unspecified atom stereocenters. The number of hydrogen-bond donors (Lipinski definition) is 3. The molecule has 2 rings (SSSR count). The van der Waals surface area contributed by atoms with Crippen LogP contribution in [0, 0.1) is 5.92 Å². The Bertz CT molecular complexity index is 502. The van der Waals surface area contributed by atoms with Gasteiger partial charge >= 0.3 is 0 Å². The van der Waals surface area contributed by atoms with E-state index in [-0.39, 0.29) is 23.0 Å². The van der Waals surface area contributed by atoms with Gasteiger partial charge in [-0.05, 0) is 37.4 Å². The van der Waals surface area contributed by atoms with Crippen LogP contribution in [0.15, 0.2) is 18.2 Å². The molecule has 0 radical (unpaired) electrons. The smallest absolute Gasteiger partial charge is 0.257 e. The third kappa shape index (κ3) is 4.11. The van der Waals surface area contributed by atoms with Crippen LogP contribution in [0.2, 0.25) is 0 Å². The number of nitrogens with one attached hydrogen (secondary N) is 1. The van der Waals surface area contributed by atoms with Crippen LogP contribution in [0.4, 0.5) is 0 Å². The quantitative estimate of drug-likeness (QED) is 0.793. The summed E-state index contributed by atoms with van der Waals surface area (Å²) in [5, 5.41) is 22.5. The van der Waals surface area contributed by atoms with Crippen molar-refractivity contribution in [3.63, 3.8) is 0 Å². The Balaban J connectivity index is 2.01. The summed E-state index contributed by atoms with van der Waals surface area (Å²) in [7, 11) is 0. The molecule has 1 fully saturated rings. The monoisotopic (exact) mass is 292 g/mol. The Morgan fingerprint density at radius 3 is 2.86 bits per heavy atom. The molecule has 1 saturated heterocycles. The number of phenols is 2. The van der Waals surface area contributed by atoms with Gasteiger partial charge in [0.1, 0.15) is 11.5 Å². The minimum absolute atomic E-state index is 0.0401. The highest BCUT2D eigenvalue weighted by Gasteiger charge is 2.26. The number of rotatable bonds is 4. The Labute approximate surface area is 125 Å². The van der Waals surface area contributed by atoms with Gasteiger partial charge in [-0.3, -0.25) is 4.79 Å². The highest BCUT2D eigenvalue weighted by atomic mass is 16.3. The second-order valence-corrected chi connectivity index (χ2v) is 6.02. The van der Waals surface area contributed by atoms with Crippen molar-refractivity contribution in [2.75, 3.05) is 19.6 Å². The molecule has 0 aliphatic carbocycles. The van der Waals surface area contributed by atoms with E-state index < -0.39 is 0 Å². The van der Waals surface area contributed by atoms with Crippen LogP contribution in [0.3, 0.4) is 0 Å². The summed E-state index contributed by atoms with van der Waals surface area (Å²) in [5.74, 6) is 0.0789. The topological polar surface area (TPSA) is 72.8 Å². The molecule has 0 bridgehead atoms. The third-order valence-electron chi connectivity index (χ3n) is 3.83. The van der Waals surface area contributed by atoms with Crippen molar-refractivity contribution >= 4 is 5.91 Å². The predicted octanol–water partition coefficient (Wildman–Crippen LogP) is 1.95. The molecule has 5 heteroatoms. The zero-order chi connectivity index (χ0) is 15.4. The fraction of sp³-hybridized carbons (Fsp3) is 0.562. The molecule has 1 aromatic rings. The van der Waals surface area contributed by atoms with Crippen molar-refractivity contribution in [2.24, 2.45) is 5.92 Å². The number of likely N-dealkylation sites (tertiary alicyclic amines) is 1. The zero-order valence-electron chi connectivity index (χ0n) is 12.7. The van der Waals surface area contributed by atoms with Gasteiger partial charge in [0.15, 0.2) is 0 Å². The molecule has 1 aromatic carbocycles. The summed E-state index contributed by atoms with van der Waals surface area (Å²) in [4.78, 5) is 14.3. The van der Waals surface area contributed by atoms with Crippen LogP contribution in [0.1, 0.15) is 37.0 Å². The van der Waals surface area contributed by atoms with Crippen molar-refractivity contribution in [3.8, 4) is 11.5 Å². The number of piperidine rings is 1. The summed E-state index contributed by atoms with van der Waals surface area (Å²) in [5.41, 5.74) is 0.255. The van der Waals surface area contributed by atoms with Crippen molar-refractivity contribution in [3.05, 3.63) is 23.8 Å². The first-order chi connectivity index (χ1) is 9.97. The number of aromatic hydroxyl groups is 2. The first-order valence-corrected chi connectivity index (χ1v) is 7.52. The molecule has 5 nitrogen and oxygen atoms in total. The van der Waals surface area contributed by atoms with Gasteiger partial charge in [0.2, 0.25) is 0 Å². The lowest BCUT2D eigenvalue weighted by Crippen LogP contribution is -2.43. The summed E-state index contributed by atoms with van der Waals surface area (Å²) < 4.78 is 0. The molecular weight excluding hydrogens is 268 g/mol. The number of hydrogen-bond acceptors (Lipinski definition) is 4. The molecule has 116 valence electrons. The molecule has 0 saturated carbocycles. The molecule has 0 spiro atoms. The lowest BCUT2D eigenvalue weighted by atomic mass is 9.97. The summed E-state index contributed by atoms with van der Waals surface area (Å²) in [6.07, 6.45) is 2.10. The van der Waals surface area contributed by atoms with E-state index in [1.165, 1.54) is 18.2 Å². The van der Waals surface area contributed by atoms with E-state index in [1.54, 1.807) is 4.90 Å². The molecule has 1 aliphatic heterocycles. The lowest BCUT2D eigenvalue weighted by Gasteiger charge is -2.33. The van der Waals surface area contributed by atoms with E-state index in [0.29, 0.717) is 18.5 Å². The summed E-state index contributed by atoms with van der Waals surface area (Å²) >= 11 is 0. The van der Waals surface area contributed by atoms with E-state index in [9.17, 15) is 15.0 Å². The maximum absolute atomic E-state index is 12.5. The second-order valence-electron chi connectivity index (χ2n) is 6.02. The highest BCUT2D eigenvalue weighted by Crippen LogP contribution is 2.26. The molecular formula is C16H24N2O3. The average Bonchev–Trinajstić information content (AvgIpc) is 2.45. The molecule has 1 amide bonds. The predicted molar refractivity (Wildman–Crippen MR) is 81.5 cm³/mol. The van der Waals surface area contributed by atoms with Gasteiger partial charge in [-0.25, -0.2) is 0 Å². The molecule has 1 atom stereocenters. The Morgan fingerprint density at radius 2 is 2.19 bits per heavy atom. The Morgan fingerprint density at radius 1 is 1.43 bits per heavy atom. The third-order valence-corrected chi connectivity index (χ3v) is 3.83. The van der Waals surface area contributed by atoms with Gasteiger partial charge in [-0.1, -0.05) is 13.8 Å². The maximum Gasteiger partial charge on any atom is 0.257 e. The van der Waals surface area contributed by atoms with Crippen molar-refractivity contribution < 1.29 is 15.0 Å². The minimum Gasteiger partial charge on any atom is -0.508 e. The number of amides is 1. The largest absolute Gasteiger partial charge is 0.508 e. The van der Waals surface area contributed by atoms with E-state index in [4.69, 9.17) is 0 Å². The molecule has 21 heavy (non-hydrogen) atoms. The van der Waals surface area contributed by atoms with Gasteiger partial charge in [-0.2, -0.15) is 0 Å². The van der Waals surface area contributed by atoms with E-state index in [0.717, 1.165) is 25.9 Å². The fourth-order valence-electron chi connectivity index (χ4n) is 2.69. The lowest BCUT2D eigenvalue weighted by molar-refractivity contribution is 0.0669. The Kier molecular flexibility index (Phi) is 5.07. The minimum atomic E-state index is -0.165. The normalized spacial score (nSPS) is 19.0. The first-order valence-electron chi connectivity index (χ1n) is 7.52. The fourth-order valence-corrected chi connectivity index (χ4v) is 2.69. The van der Waals surface area contributed by atoms with Crippen molar-refractivity contribution in [2.45, 2.75) is 32.7 Å². The Hall–Kier alpha value is -1.75. The number of carbonyl (C=O) groups excluding carboxylic acids is 1. The molecule has 0 aromatic heterocycles. The van der Waals surface area contributed by atoms with Crippen molar-refractivity contribution in [1.82, 2.24) is 10.2 Å². The number of nitrogens with zero attached hydrogens (tertiary/aromatic N) is 1. The van der Waals surface area contributed by atoms with E-state index in [2.05, 4.69) is 19.2 Å². The second kappa shape index (κ2) is 6.80. The van der Waals surface area contributed by atoms with Crippen LogP contribution in [-0.2, 0) is 0 Å². The van der Waals surface area contributed by atoms with Gasteiger partial charge in [0.05, 0.1) is 5.56 Å². The number of carbonyl (C=O) groups is 1. The molecule has 3 N–H and O–H groups in total. The first kappa shape index (κ1) is 15.6. The van der Waals surface area contributed by atoms with Gasteiger partial charge in [0, 0.05) is 25.2 Å². The van der Waals surface area contributed by atoms with Crippen LogP contribution >= 0.6 is 0 Å². The van der Waals surface area contributed by atoms with Crippen molar-refractivity contribution in [1.29, 1.82) is 0 Å². The zero-order valence-corrected chi connectivity index (χ0v) is 12.7. The molecule has 1 heterocycles. The number of phenolic OH excluding ortho intramolecular Hbond substituents is 2. The van der Waals surface area contributed by atoms with E-state index in [1.807, 2.05) is 0 Å². The molecule has 1 aliphatic rings. The van der Waals surface area contributed by atoms with Crippen LogP contribution in [0.5, 0.6) is 11.5 Å². The van der Waals surface area contributed by atoms with Gasteiger partial charge < -0.3 is 20.4 Å². The average molecular weight is 292 g/mol. The van der Waals surface area contributed by atoms with Crippen LogP contribution in [0.25, 0.3) is 0 Å². The van der Waals surface area contributed by atoms with Crippen LogP contribution in [-0.4, -0.2) is 46.7 Å². The van der Waals surface area contributed by atoms with Gasteiger partial charge in [0.25, 0.3) is 5.91 Å². The SMILES string of the molecule is CC(C)NCC1CCCN(C(=O)c2ccc(O)cc2O)C1. The van der Waals surface area contributed by atoms with Gasteiger partial charge in [-0.15, -0.1) is 0 Å².